The highest BCUT2D eigenvalue weighted by Gasteiger charge is 2.27. The Bertz CT molecular complexity index is 1040. The van der Waals surface area contributed by atoms with Crippen LogP contribution >= 0.6 is 0 Å². The quantitative estimate of drug-likeness (QED) is 0.658. The third kappa shape index (κ3) is 3.73. The number of likely N-dealkylation sites (tertiary alicyclic amines) is 1. The maximum Gasteiger partial charge on any atom is 0.266 e. The summed E-state index contributed by atoms with van der Waals surface area (Å²) < 4.78 is 9.37. The Balaban J connectivity index is 1.35. The fourth-order valence-electron chi connectivity index (χ4n) is 4.26. The van der Waals surface area contributed by atoms with Crippen LogP contribution in [0.1, 0.15) is 24.4 Å². The summed E-state index contributed by atoms with van der Waals surface area (Å²) in [5.41, 5.74) is 2.92. The first-order chi connectivity index (χ1) is 14.3. The Morgan fingerprint density at radius 2 is 2.03 bits per heavy atom. The van der Waals surface area contributed by atoms with Gasteiger partial charge in [-0.2, -0.15) is 5.10 Å². The molecule has 3 aromatic rings. The van der Waals surface area contributed by atoms with Gasteiger partial charge in [-0.3, -0.25) is 14.7 Å². The number of nitrogens with zero attached hydrogens (tertiary/aromatic N) is 6. The average molecular weight is 392 g/mol. The van der Waals surface area contributed by atoms with E-state index in [1.807, 2.05) is 18.3 Å². The Labute approximate surface area is 168 Å². The van der Waals surface area contributed by atoms with Crippen LogP contribution in [0.3, 0.4) is 0 Å². The number of hydrogen-bond acceptors (Lipinski definition) is 6. The lowest BCUT2D eigenvalue weighted by Gasteiger charge is -2.26. The van der Waals surface area contributed by atoms with Crippen molar-refractivity contribution in [2.45, 2.75) is 45.1 Å². The molecule has 8 nitrogen and oxygen atoms in total. The van der Waals surface area contributed by atoms with E-state index in [1.165, 1.54) is 5.69 Å². The lowest BCUT2D eigenvalue weighted by atomic mass is 10.2. The molecular weight excluding hydrogens is 368 g/mol. The summed E-state index contributed by atoms with van der Waals surface area (Å²) in [6, 6.07) is 7.49. The summed E-state index contributed by atoms with van der Waals surface area (Å²) in [5, 5.41) is 4.62. The molecule has 5 rings (SSSR count). The zero-order valence-corrected chi connectivity index (χ0v) is 16.3. The van der Waals surface area contributed by atoms with Crippen LogP contribution in [-0.4, -0.2) is 48.4 Å². The number of aromatic nitrogens is 5. The highest BCUT2D eigenvalue weighted by molar-refractivity contribution is 5.56. The number of hydrogen-bond donors (Lipinski definition) is 0. The van der Waals surface area contributed by atoms with Crippen molar-refractivity contribution < 1.29 is 4.74 Å². The van der Waals surface area contributed by atoms with E-state index in [-0.39, 0.29) is 5.56 Å². The summed E-state index contributed by atoms with van der Waals surface area (Å²) in [6.07, 6.45) is 7.64. The maximum atomic E-state index is 12.4. The van der Waals surface area contributed by atoms with E-state index in [2.05, 4.69) is 24.5 Å². The molecule has 1 unspecified atom stereocenters. The molecule has 0 saturated carbocycles. The van der Waals surface area contributed by atoms with Crippen LogP contribution in [0.5, 0.6) is 0 Å². The second-order valence-corrected chi connectivity index (χ2v) is 7.61. The molecule has 8 heteroatoms. The monoisotopic (exact) mass is 392 g/mol. The number of imidazole rings is 1. The van der Waals surface area contributed by atoms with Crippen molar-refractivity contribution in [3.05, 3.63) is 64.7 Å². The van der Waals surface area contributed by atoms with Gasteiger partial charge in [0, 0.05) is 49.4 Å². The first kappa shape index (κ1) is 18.2. The molecule has 1 fully saturated rings. The molecule has 150 valence electrons. The number of pyridine rings is 1. The topological polar surface area (TPSA) is 78.1 Å². The van der Waals surface area contributed by atoms with Gasteiger partial charge < -0.3 is 9.30 Å². The van der Waals surface area contributed by atoms with Gasteiger partial charge in [0.25, 0.3) is 5.56 Å². The number of ether oxygens (including phenoxy) is 1. The third-order valence-electron chi connectivity index (χ3n) is 5.80. The van der Waals surface area contributed by atoms with Gasteiger partial charge in [-0.15, -0.1) is 0 Å². The molecule has 0 radical (unpaired) electrons. The van der Waals surface area contributed by atoms with Crippen molar-refractivity contribution in [2.24, 2.45) is 0 Å². The van der Waals surface area contributed by atoms with Crippen LogP contribution in [0.4, 0.5) is 0 Å². The molecule has 0 amide bonds. The minimum atomic E-state index is -0.0615. The van der Waals surface area contributed by atoms with E-state index in [4.69, 9.17) is 4.74 Å². The zero-order valence-electron chi connectivity index (χ0n) is 16.3. The summed E-state index contributed by atoms with van der Waals surface area (Å²) in [4.78, 5) is 23.5. The first-order valence-corrected chi connectivity index (χ1v) is 10.1. The van der Waals surface area contributed by atoms with Crippen molar-refractivity contribution in [3.8, 4) is 11.3 Å². The highest BCUT2D eigenvalue weighted by atomic mass is 16.5. The van der Waals surface area contributed by atoms with Crippen molar-refractivity contribution in [2.75, 3.05) is 13.2 Å². The fourth-order valence-corrected chi connectivity index (χ4v) is 4.26. The van der Waals surface area contributed by atoms with Gasteiger partial charge in [0.05, 0.1) is 24.5 Å². The lowest BCUT2D eigenvalue weighted by molar-refractivity contribution is 0.0793. The Morgan fingerprint density at radius 3 is 2.93 bits per heavy atom. The minimum absolute atomic E-state index is 0.0615. The van der Waals surface area contributed by atoms with Crippen molar-refractivity contribution in [1.29, 1.82) is 0 Å². The molecule has 1 saturated heterocycles. The number of fused-ring (bicyclic) bond motifs is 1. The molecule has 0 spiro atoms. The standard InChI is InChI=1S/C21H24N6O2/c28-21-4-3-19(16-5-7-22-8-6-16)24-27(21)14-17-2-1-9-25(17)13-18-12-23-20-15-29-11-10-26(18)20/h3-8,12,17H,1-2,9-11,13-15H2. The van der Waals surface area contributed by atoms with Gasteiger partial charge in [-0.1, -0.05) is 0 Å². The molecule has 0 aliphatic carbocycles. The van der Waals surface area contributed by atoms with Gasteiger partial charge in [0.1, 0.15) is 12.4 Å². The van der Waals surface area contributed by atoms with Crippen LogP contribution in [-0.2, 0) is 31.0 Å². The van der Waals surface area contributed by atoms with Gasteiger partial charge in [0.15, 0.2) is 0 Å². The van der Waals surface area contributed by atoms with E-state index < -0.39 is 0 Å². The van der Waals surface area contributed by atoms with E-state index >= 15 is 0 Å². The van der Waals surface area contributed by atoms with E-state index in [0.717, 1.165) is 56.2 Å². The second kappa shape index (κ2) is 7.88. The predicted octanol–water partition coefficient (Wildman–Crippen LogP) is 1.70. The first-order valence-electron chi connectivity index (χ1n) is 10.1. The van der Waals surface area contributed by atoms with Gasteiger partial charge >= 0.3 is 0 Å². The summed E-state index contributed by atoms with van der Waals surface area (Å²) in [7, 11) is 0. The van der Waals surface area contributed by atoms with Crippen molar-refractivity contribution in [1.82, 2.24) is 29.2 Å². The van der Waals surface area contributed by atoms with E-state index in [9.17, 15) is 4.79 Å². The largest absolute Gasteiger partial charge is 0.372 e. The van der Waals surface area contributed by atoms with Crippen LogP contribution in [0.2, 0.25) is 0 Å². The van der Waals surface area contributed by atoms with Gasteiger partial charge in [-0.05, 0) is 37.6 Å². The molecular formula is C21H24N6O2. The van der Waals surface area contributed by atoms with Crippen LogP contribution in [0, 0.1) is 0 Å². The molecule has 0 bridgehead atoms. The van der Waals surface area contributed by atoms with Crippen LogP contribution in [0.15, 0.2) is 47.7 Å². The molecule has 3 aromatic heterocycles. The smallest absolute Gasteiger partial charge is 0.266 e. The fraction of sp³-hybridized carbons (Fsp3) is 0.429. The second-order valence-electron chi connectivity index (χ2n) is 7.61. The SMILES string of the molecule is O=c1ccc(-c2ccncc2)nn1CC1CCCN1Cc1cnc2n1CCOC2. The third-order valence-corrected chi connectivity index (χ3v) is 5.80. The Morgan fingerprint density at radius 1 is 1.14 bits per heavy atom. The zero-order chi connectivity index (χ0) is 19.6. The lowest BCUT2D eigenvalue weighted by Crippen LogP contribution is -2.37. The van der Waals surface area contributed by atoms with Gasteiger partial charge in [0.2, 0.25) is 0 Å². The summed E-state index contributed by atoms with van der Waals surface area (Å²) >= 11 is 0. The molecule has 2 aliphatic rings. The van der Waals surface area contributed by atoms with E-state index in [1.54, 1.807) is 29.2 Å². The van der Waals surface area contributed by atoms with Crippen LogP contribution in [0.25, 0.3) is 11.3 Å². The number of rotatable bonds is 5. The molecule has 5 heterocycles. The Hall–Kier alpha value is -2.84. The average Bonchev–Trinajstić information content (AvgIpc) is 3.38. The van der Waals surface area contributed by atoms with Gasteiger partial charge in [-0.25, -0.2) is 9.67 Å². The summed E-state index contributed by atoms with van der Waals surface area (Å²) in [6.45, 7) is 4.66. The molecule has 29 heavy (non-hydrogen) atoms. The molecule has 0 aromatic carbocycles. The molecule has 1 atom stereocenters. The van der Waals surface area contributed by atoms with E-state index in [0.29, 0.717) is 19.2 Å². The minimum Gasteiger partial charge on any atom is -0.372 e. The molecule has 2 aliphatic heterocycles. The highest BCUT2D eigenvalue weighted by Crippen LogP contribution is 2.23. The van der Waals surface area contributed by atoms with Crippen molar-refractivity contribution >= 4 is 0 Å². The molecule has 0 N–H and O–H groups in total. The van der Waals surface area contributed by atoms with Crippen molar-refractivity contribution in [3.63, 3.8) is 0 Å². The van der Waals surface area contributed by atoms with Crippen LogP contribution < -0.4 is 5.56 Å². The Kier molecular flexibility index (Phi) is 4.95. The maximum absolute atomic E-state index is 12.4. The summed E-state index contributed by atoms with van der Waals surface area (Å²) in [5.74, 6) is 1.00. The normalized spacial score (nSPS) is 19.4. The predicted molar refractivity (Wildman–Crippen MR) is 107 cm³/mol.